The Kier molecular flexibility index (Phi) is 7.68. The lowest BCUT2D eigenvalue weighted by Gasteiger charge is -2.22. The molecule has 1 aliphatic rings. The summed E-state index contributed by atoms with van der Waals surface area (Å²) >= 11 is 1.55. The van der Waals surface area contributed by atoms with Gasteiger partial charge in [-0.1, -0.05) is 86.0 Å². The Morgan fingerprint density at radius 1 is 0.897 bits per heavy atom. The number of ether oxygens (including phenoxy) is 2. The minimum Gasteiger partial charge on any atom is -0.493 e. The van der Waals surface area contributed by atoms with Crippen molar-refractivity contribution in [1.29, 1.82) is 0 Å². The number of methoxy groups -OCH3 is 1. The van der Waals surface area contributed by atoms with Gasteiger partial charge in [-0.05, 0) is 64.4 Å². The third kappa shape index (κ3) is 5.89. The molecule has 1 fully saturated rings. The van der Waals surface area contributed by atoms with Crippen LogP contribution in [0.1, 0.15) is 54.7 Å². The molecule has 0 bridgehead atoms. The first-order valence-corrected chi connectivity index (χ1v) is 14.5. The average Bonchev–Trinajstić information content (AvgIpc) is 3.49. The van der Waals surface area contributed by atoms with E-state index in [2.05, 4.69) is 77.1 Å². The van der Waals surface area contributed by atoms with Crippen molar-refractivity contribution in [2.75, 3.05) is 7.11 Å². The lowest BCUT2D eigenvalue weighted by atomic mass is 9.84. The molecule has 0 N–H and O–H groups in total. The number of fused-ring (bicyclic) bond motifs is 1. The Hall–Kier alpha value is -3.96. The number of benzene rings is 4. The van der Waals surface area contributed by atoms with Gasteiger partial charge in [-0.2, -0.15) is 0 Å². The van der Waals surface area contributed by atoms with E-state index in [0.29, 0.717) is 18.1 Å². The summed E-state index contributed by atoms with van der Waals surface area (Å²) in [6, 6.07) is 29.5. The summed E-state index contributed by atoms with van der Waals surface area (Å²) in [7, 11) is 1.66. The number of hydrogen-bond acceptors (Lipinski definition) is 5. The molecule has 0 radical (unpaired) electrons. The van der Waals surface area contributed by atoms with Crippen LogP contribution in [-0.2, 0) is 6.61 Å². The Morgan fingerprint density at radius 2 is 1.72 bits per heavy atom. The summed E-state index contributed by atoms with van der Waals surface area (Å²) in [5.41, 5.74) is 5.64. The van der Waals surface area contributed by atoms with Crippen molar-refractivity contribution >= 4 is 33.5 Å². The third-order valence-electron chi connectivity index (χ3n) is 7.55. The van der Waals surface area contributed by atoms with E-state index in [1.54, 1.807) is 18.4 Å². The van der Waals surface area contributed by atoms with Gasteiger partial charge < -0.3 is 9.47 Å². The van der Waals surface area contributed by atoms with Gasteiger partial charge in [-0.25, -0.2) is 9.98 Å². The van der Waals surface area contributed by atoms with Gasteiger partial charge in [0, 0.05) is 17.2 Å². The summed E-state index contributed by atoms with van der Waals surface area (Å²) in [5, 5.41) is 5.22. The van der Waals surface area contributed by atoms with Crippen LogP contribution in [0.4, 0.5) is 5.13 Å². The van der Waals surface area contributed by atoms with E-state index in [4.69, 9.17) is 14.5 Å². The predicted molar refractivity (Wildman–Crippen MR) is 162 cm³/mol. The molecular formula is C34H32N2O2S. The molecule has 6 rings (SSSR count). The molecular weight excluding hydrogens is 500 g/mol. The molecule has 0 atom stereocenters. The second-order valence-electron chi connectivity index (χ2n) is 10.1. The van der Waals surface area contributed by atoms with Crippen LogP contribution in [0.5, 0.6) is 11.5 Å². The zero-order chi connectivity index (χ0) is 26.4. The fraction of sp³-hybridized carbons (Fsp3) is 0.235. The molecule has 1 saturated carbocycles. The largest absolute Gasteiger partial charge is 0.493 e. The van der Waals surface area contributed by atoms with Crippen molar-refractivity contribution in [3.63, 3.8) is 0 Å². The summed E-state index contributed by atoms with van der Waals surface area (Å²) in [4.78, 5) is 9.38. The first-order valence-electron chi connectivity index (χ1n) is 13.6. The summed E-state index contributed by atoms with van der Waals surface area (Å²) in [6.07, 6.45) is 8.55. The van der Waals surface area contributed by atoms with Crippen LogP contribution >= 0.6 is 11.3 Å². The van der Waals surface area contributed by atoms with Crippen LogP contribution in [0.2, 0.25) is 0 Å². The smallest absolute Gasteiger partial charge is 0.209 e. The lowest BCUT2D eigenvalue weighted by molar-refractivity contribution is 0.285. The predicted octanol–water partition coefficient (Wildman–Crippen LogP) is 9.35. The van der Waals surface area contributed by atoms with E-state index in [-0.39, 0.29) is 0 Å². The van der Waals surface area contributed by atoms with Crippen molar-refractivity contribution in [2.45, 2.75) is 44.6 Å². The Bertz CT molecular complexity index is 1580. The van der Waals surface area contributed by atoms with Gasteiger partial charge in [0.15, 0.2) is 11.5 Å². The topological polar surface area (TPSA) is 43.7 Å². The van der Waals surface area contributed by atoms with E-state index >= 15 is 0 Å². The summed E-state index contributed by atoms with van der Waals surface area (Å²) in [6.45, 7) is 0.467. The van der Waals surface area contributed by atoms with Gasteiger partial charge in [0.05, 0.1) is 12.8 Å². The first kappa shape index (κ1) is 25.3. The van der Waals surface area contributed by atoms with Crippen molar-refractivity contribution in [3.8, 4) is 22.8 Å². The highest BCUT2D eigenvalue weighted by Gasteiger charge is 2.15. The Morgan fingerprint density at radius 3 is 2.56 bits per heavy atom. The molecule has 0 unspecified atom stereocenters. The fourth-order valence-corrected chi connectivity index (χ4v) is 6.08. The molecule has 0 amide bonds. The van der Waals surface area contributed by atoms with Gasteiger partial charge >= 0.3 is 0 Å². The maximum absolute atomic E-state index is 6.16. The molecule has 0 spiro atoms. The number of hydrogen-bond donors (Lipinski definition) is 0. The summed E-state index contributed by atoms with van der Waals surface area (Å²) in [5.74, 6) is 2.10. The van der Waals surface area contributed by atoms with E-state index < -0.39 is 0 Å². The minimum absolute atomic E-state index is 0.467. The Balaban J connectivity index is 1.12. The van der Waals surface area contributed by atoms with Crippen LogP contribution in [0.3, 0.4) is 0 Å². The molecule has 1 aromatic heterocycles. The van der Waals surface area contributed by atoms with Gasteiger partial charge in [-0.3, -0.25) is 0 Å². The second-order valence-corrected chi connectivity index (χ2v) is 10.9. The van der Waals surface area contributed by atoms with Gasteiger partial charge in [0.1, 0.15) is 6.61 Å². The van der Waals surface area contributed by atoms with Crippen molar-refractivity contribution in [1.82, 2.24) is 4.98 Å². The molecule has 0 aliphatic heterocycles. The Labute approximate surface area is 234 Å². The average molecular weight is 533 g/mol. The molecule has 0 saturated heterocycles. The number of aliphatic imine (C=N–C) groups is 1. The van der Waals surface area contributed by atoms with Gasteiger partial charge in [-0.15, -0.1) is 11.3 Å². The van der Waals surface area contributed by atoms with E-state index in [0.717, 1.165) is 33.4 Å². The zero-order valence-corrected chi connectivity index (χ0v) is 23.0. The standard InChI is InChI=1S/C34H32N2O2S/c1-37-33-20-24(14-19-32(33)38-22-29-12-7-11-27-10-5-6-13-30(27)29)21-35-34-36-31(23-39-34)28-17-15-26(16-18-28)25-8-3-2-4-9-25/h5-7,10-21,23,25H,2-4,8-9,22H2,1H3. The van der Waals surface area contributed by atoms with Crippen LogP contribution in [0, 0.1) is 0 Å². The van der Waals surface area contributed by atoms with Gasteiger partial charge in [0.2, 0.25) is 5.13 Å². The molecule has 39 heavy (non-hydrogen) atoms. The third-order valence-corrected chi connectivity index (χ3v) is 8.30. The minimum atomic E-state index is 0.467. The highest BCUT2D eigenvalue weighted by Crippen LogP contribution is 2.34. The van der Waals surface area contributed by atoms with E-state index in [9.17, 15) is 0 Å². The lowest BCUT2D eigenvalue weighted by Crippen LogP contribution is -2.04. The number of nitrogens with zero attached hydrogens (tertiary/aromatic N) is 2. The SMILES string of the molecule is COc1cc(C=Nc2nc(-c3ccc(C4CCCCC4)cc3)cs2)ccc1OCc1cccc2ccccc12. The molecule has 1 heterocycles. The molecule has 5 heteroatoms. The number of aromatic nitrogens is 1. The fourth-order valence-electron chi connectivity index (χ4n) is 5.41. The van der Waals surface area contributed by atoms with Crippen molar-refractivity contribution < 1.29 is 9.47 Å². The first-order chi connectivity index (χ1) is 19.3. The maximum Gasteiger partial charge on any atom is 0.209 e. The highest BCUT2D eigenvalue weighted by molar-refractivity contribution is 7.13. The number of thiazole rings is 1. The van der Waals surface area contributed by atoms with Gasteiger partial charge in [0.25, 0.3) is 0 Å². The normalized spacial score (nSPS) is 14.2. The monoisotopic (exact) mass is 532 g/mol. The molecule has 4 aromatic carbocycles. The highest BCUT2D eigenvalue weighted by atomic mass is 32.1. The second kappa shape index (κ2) is 11.8. The molecule has 4 nitrogen and oxygen atoms in total. The van der Waals surface area contributed by atoms with Crippen LogP contribution < -0.4 is 9.47 Å². The van der Waals surface area contributed by atoms with Crippen LogP contribution in [0.25, 0.3) is 22.0 Å². The van der Waals surface area contributed by atoms with Crippen LogP contribution in [-0.4, -0.2) is 18.3 Å². The molecule has 196 valence electrons. The zero-order valence-electron chi connectivity index (χ0n) is 22.2. The van der Waals surface area contributed by atoms with Crippen molar-refractivity contribution in [2.24, 2.45) is 4.99 Å². The molecule has 1 aliphatic carbocycles. The van der Waals surface area contributed by atoms with Crippen molar-refractivity contribution in [3.05, 3.63) is 107 Å². The summed E-state index contributed by atoms with van der Waals surface area (Å²) < 4.78 is 11.8. The quantitative estimate of drug-likeness (QED) is 0.187. The maximum atomic E-state index is 6.16. The number of rotatable bonds is 8. The molecule has 5 aromatic rings. The van der Waals surface area contributed by atoms with E-state index in [1.165, 1.54) is 48.4 Å². The van der Waals surface area contributed by atoms with Crippen LogP contribution in [0.15, 0.2) is 95.3 Å². The van der Waals surface area contributed by atoms with E-state index in [1.807, 2.05) is 24.4 Å².